The number of phenols is 2. The quantitative estimate of drug-likeness (QED) is 0.542. The Balaban J connectivity index is 3.17. The summed E-state index contributed by atoms with van der Waals surface area (Å²) in [5.74, 6) is -0.0725. The van der Waals surface area contributed by atoms with Crippen molar-refractivity contribution in [2.45, 2.75) is 0 Å². The second-order valence-corrected chi connectivity index (χ2v) is 1.74. The third-order valence-electron chi connectivity index (χ3n) is 1.01. The monoisotopic (exact) mass is 122 g/mol. The van der Waals surface area contributed by atoms with Gasteiger partial charge < -0.3 is 10.2 Å². The second-order valence-electron chi connectivity index (χ2n) is 1.74. The highest BCUT2D eigenvalue weighted by atomic mass is 16.3. The molecule has 2 nitrogen and oxygen atoms in total. The van der Waals surface area contributed by atoms with E-state index in [-0.39, 0.29) is 17.1 Å². The smallest absolute Gasteiger partial charge is 0.122 e. The Morgan fingerprint density at radius 3 is 2.33 bits per heavy atom. The molecule has 2 radical (unpaired) electrons. The van der Waals surface area contributed by atoms with Crippen molar-refractivity contribution in [3.05, 3.63) is 30.7 Å². The van der Waals surface area contributed by atoms with Crippen LogP contribution in [0.25, 0.3) is 0 Å². The van der Waals surface area contributed by atoms with E-state index in [1.54, 1.807) is 0 Å². The molecule has 0 unspecified atom stereocenters. The molecule has 0 atom stereocenters. The molecular formula is C7H6O2. The largest absolute Gasteiger partial charge is 0.508 e. The topological polar surface area (TPSA) is 40.5 Å². The molecule has 0 heterocycles. The standard InChI is InChI=1S/C7H6O2/c1-5-2-3-6(8)4-7(5)9/h1-4,8-9H. The van der Waals surface area contributed by atoms with E-state index in [9.17, 15) is 0 Å². The van der Waals surface area contributed by atoms with Crippen LogP contribution in [0.1, 0.15) is 5.56 Å². The van der Waals surface area contributed by atoms with Crippen LogP contribution in [0.5, 0.6) is 11.5 Å². The van der Waals surface area contributed by atoms with Crippen molar-refractivity contribution in [1.82, 2.24) is 0 Å². The van der Waals surface area contributed by atoms with E-state index >= 15 is 0 Å². The summed E-state index contributed by atoms with van der Waals surface area (Å²) in [4.78, 5) is 0. The van der Waals surface area contributed by atoms with Crippen molar-refractivity contribution < 1.29 is 10.2 Å². The minimum atomic E-state index is -0.0880. The highest BCUT2D eigenvalue weighted by molar-refractivity contribution is 5.40. The maximum absolute atomic E-state index is 8.82. The van der Waals surface area contributed by atoms with Gasteiger partial charge in [0, 0.05) is 13.0 Å². The van der Waals surface area contributed by atoms with E-state index in [0.717, 1.165) is 0 Å². The average molecular weight is 122 g/mol. The Kier molecular flexibility index (Phi) is 1.30. The average Bonchev–Trinajstić information content (AvgIpc) is 1.80. The molecule has 0 fully saturated rings. The molecule has 0 bridgehead atoms. The molecule has 1 rings (SSSR count). The van der Waals surface area contributed by atoms with E-state index in [1.165, 1.54) is 18.2 Å². The van der Waals surface area contributed by atoms with Crippen LogP contribution in [-0.2, 0) is 0 Å². The first kappa shape index (κ1) is 5.95. The molecule has 46 valence electrons. The van der Waals surface area contributed by atoms with Crippen LogP contribution < -0.4 is 0 Å². The molecule has 0 spiro atoms. The third-order valence-corrected chi connectivity index (χ3v) is 1.01. The van der Waals surface area contributed by atoms with Gasteiger partial charge in [0.15, 0.2) is 0 Å². The molecule has 0 saturated heterocycles. The fourth-order valence-corrected chi connectivity index (χ4v) is 0.532. The molecule has 0 aliphatic carbocycles. The molecule has 1 aromatic carbocycles. The van der Waals surface area contributed by atoms with Gasteiger partial charge in [-0.25, -0.2) is 0 Å². The lowest BCUT2D eigenvalue weighted by atomic mass is 10.2. The predicted octanol–water partition coefficient (Wildman–Crippen LogP) is 1.16. The Labute approximate surface area is 53.4 Å². The van der Waals surface area contributed by atoms with Gasteiger partial charge in [-0.1, -0.05) is 6.07 Å². The van der Waals surface area contributed by atoms with Crippen molar-refractivity contribution in [1.29, 1.82) is 0 Å². The normalized spacial score (nSPS) is 9.44. The Hall–Kier alpha value is -1.18. The Morgan fingerprint density at radius 1 is 1.22 bits per heavy atom. The predicted molar refractivity (Wildman–Crippen MR) is 33.2 cm³/mol. The van der Waals surface area contributed by atoms with Crippen molar-refractivity contribution >= 4 is 0 Å². The molecule has 0 saturated carbocycles. The van der Waals surface area contributed by atoms with E-state index in [0.29, 0.717) is 0 Å². The van der Waals surface area contributed by atoms with Crippen LogP contribution in [0, 0.1) is 6.92 Å². The number of rotatable bonds is 0. The lowest BCUT2D eigenvalue weighted by Gasteiger charge is -1.95. The van der Waals surface area contributed by atoms with Crippen LogP contribution in [-0.4, -0.2) is 10.2 Å². The molecule has 2 heteroatoms. The number of benzene rings is 1. The van der Waals surface area contributed by atoms with Gasteiger partial charge in [-0.05, 0) is 11.6 Å². The van der Waals surface area contributed by atoms with Gasteiger partial charge in [0.25, 0.3) is 0 Å². The van der Waals surface area contributed by atoms with Gasteiger partial charge in [0.1, 0.15) is 11.5 Å². The highest BCUT2D eigenvalue weighted by Crippen LogP contribution is 2.20. The van der Waals surface area contributed by atoms with Crippen molar-refractivity contribution in [3.8, 4) is 11.5 Å². The van der Waals surface area contributed by atoms with Crippen LogP contribution in [0.3, 0.4) is 0 Å². The molecule has 0 aliphatic rings. The first-order valence-electron chi connectivity index (χ1n) is 2.47. The summed E-state index contributed by atoms with van der Waals surface area (Å²) in [7, 11) is 0. The van der Waals surface area contributed by atoms with Gasteiger partial charge in [-0.3, -0.25) is 0 Å². The van der Waals surface area contributed by atoms with Gasteiger partial charge >= 0.3 is 0 Å². The summed E-state index contributed by atoms with van der Waals surface area (Å²) in [6, 6.07) is 4.04. The van der Waals surface area contributed by atoms with Crippen molar-refractivity contribution in [3.63, 3.8) is 0 Å². The zero-order valence-corrected chi connectivity index (χ0v) is 4.70. The summed E-state index contributed by atoms with van der Waals surface area (Å²) in [6.07, 6.45) is 0. The summed E-state index contributed by atoms with van der Waals surface area (Å²) >= 11 is 0. The fraction of sp³-hybridized carbons (Fsp3) is 0. The lowest BCUT2D eigenvalue weighted by molar-refractivity contribution is 0.449. The molecule has 0 aliphatic heterocycles. The number of phenolic OH excluding ortho intramolecular Hbond substituents is 2. The fourth-order valence-electron chi connectivity index (χ4n) is 0.532. The Morgan fingerprint density at radius 2 is 1.89 bits per heavy atom. The zero-order chi connectivity index (χ0) is 6.85. The van der Waals surface area contributed by atoms with Crippen LogP contribution >= 0.6 is 0 Å². The van der Waals surface area contributed by atoms with E-state index in [4.69, 9.17) is 17.1 Å². The molecule has 2 N–H and O–H groups in total. The summed E-state index contributed by atoms with van der Waals surface area (Å²) < 4.78 is 0. The summed E-state index contributed by atoms with van der Waals surface area (Å²) in [5, 5.41) is 17.5. The number of hydrogen-bond acceptors (Lipinski definition) is 2. The van der Waals surface area contributed by atoms with Crippen LogP contribution in [0.4, 0.5) is 0 Å². The minimum absolute atomic E-state index is 0.0155. The first-order valence-corrected chi connectivity index (χ1v) is 2.47. The summed E-state index contributed by atoms with van der Waals surface area (Å²) in [6.45, 7) is 5.23. The minimum Gasteiger partial charge on any atom is -0.508 e. The van der Waals surface area contributed by atoms with Crippen LogP contribution in [0.15, 0.2) is 18.2 Å². The maximum atomic E-state index is 8.82. The second kappa shape index (κ2) is 1.97. The van der Waals surface area contributed by atoms with E-state index < -0.39 is 0 Å². The SMILES string of the molecule is [CH]c1ccc(O)cc1O. The number of aromatic hydroxyl groups is 2. The van der Waals surface area contributed by atoms with Gasteiger partial charge in [-0.2, -0.15) is 0 Å². The summed E-state index contributed by atoms with van der Waals surface area (Å²) in [5.41, 5.74) is 0.271. The van der Waals surface area contributed by atoms with Crippen molar-refractivity contribution in [2.75, 3.05) is 0 Å². The lowest BCUT2D eigenvalue weighted by Crippen LogP contribution is -1.71. The number of hydrogen-bond donors (Lipinski definition) is 2. The highest BCUT2D eigenvalue weighted by Gasteiger charge is 1.94. The Bertz CT molecular complexity index is 218. The molecule has 9 heavy (non-hydrogen) atoms. The van der Waals surface area contributed by atoms with Crippen molar-refractivity contribution in [2.24, 2.45) is 0 Å². The first-order chi connectivity index (χ1) is 4.20. The van der Waals surface area contributed by atoms with E-state index in [1.807, 2.05) is 0 Å². The molecule has 0 amide bonds. The van der Waals surface area contributed by atoms with E-state index in [2.05, 4.69) is 0 Å². The van der Waals surface area contributed by atoms with Gasteiger partial charge in [0.2, 0.25) is 0 Å². The van der Waals surface area contributed by atoms with Crippen LogP contribution in [0.2, 0.25) is 0 Å². The molecular weight excluding hydrogens is 116 g/mol. The van der Waals surface area contributed by atoms with Gasteiger partial charge in [0.05, 0.1) is 0 Å². The zero-order valence-electron chi connectivity index (χ0n) is 4.70. The molecule has 0 aromatic heterocycles. The van der Waals surface area contributed by atoms with Gasteiger partial charge in [-0.15, -0.1) is 0 Å². The molecule has 1 aromatic rings. The third kappa shape index (κ3) is 1.13. The maximum Gasteiger partial charge on any atom is 0.122 e.